The standard InChI is InChI=1S/C65H116N2O4/c1-44(2)18-15-20-46(5)54-26-28-56-52-24-22-48-40-50(30-34-62(48,7)58(52)32-36-64(54,56)9)70-60(68)42-66(11,12)38-17-39-67(13,14)43-61(69)71-51-31-35-63(8)49(41-51)23-25-53-57-29-27-55(47(6)21-16-19-45(3)4)65(57,10)37-33-59(53)63/h44-59H,15-43H2,1-14H3/q+2/t46-,47-,48?,49?,50+,51+,52+,53+,54-,55-,56+,57+,58+,59+,62+,63+,64-,65-/m1/s1. The predicted octanol–water partition coefficient (Wildman–Crippen LogP) is 15.6. The van der Waals surface area contributed by atoms with Crippen LogP contribution in [0.15, 0.2) is 0 Å². The molecule has 0 aliphatic heterocycles. The van der Waals surface area contributed by atoms with Gasteiger partial charge in [0.15, 0.2) is 13.1 Å². The van der Waals surface area contributed by atoms with E-state index in [1.165, 1.54) is 128 Å². The molecule has 0 saturated heterocycles. The molecule has 71 heavy (non-hydrogen) atoms. The molecule has 0 amide bonds. The molecule has 0 bridgehead atoms. The number of hydrogen-bond acceptors (Lipinski definition) is 4. The van der Waals surface area contributed by atoms with Crippen molar-refractivity contribution < 1.29 is 28.0 Å². The van der Waals surface area contributed by atoms with Crippen LogP contribution in [0.5, 0.6) is 0 Å². The van der Waals surface area contributed by atoms with Crippen molar-refractivity contribution in [3.8, 4) is 0 Å². The summed E-state index contributed by atoms with van der Waals surface area (Å²) in [5, 5.41) is 0. The van der Waals surface area contributed by atoms with Gasteiger partial charge in [-0.25, -0.2) is 9.59 Å². The summed E-state index contributed by atoms with van der Waals surface area (Å²) in [6, 6.07) is 0. The van der Waals surface area contributed by atoms with Crippen LogP contribution in [0.1, 0.15) is 230 Å². The second-order valence-corrected chi connectivity index (χ2v) is 31.1. The minimum absolute atomic E-state index is 0.0219. The predicted molar refractivity (Wildman–Crippen MR) is 294 cm³/mol. The van der Waals surface area contributed by atoms with E-state index in [-0.39, 0.29) is 24.1 Å². The van der Waals surface area contributed by atoms with E-state index < -0.39 is 0 Å². The third-order valence-electron chi connectivity index (χ3n) is 24.9. The van der Waals surface area contributed by atoms with Crippen molar-refractivity contribution in [3.05, 3.63) is 0 Å². The van der Waals surface area contributed by atoms with Gasteiger partial charge in [-0.15, -0.1) is 0 Å². The SMILES string of the molecule is CC(C)CCC[C@@H](C)[C@H]1CC[C@H]2[C@@H]3CCC4C[C@@H](OC(=O)C[N+](C)(C)CCC[N+](C)(C)CC(=O)O[C@H]5CC[C@@]6(C)C(CC[C@H]7[C@@H]8CC[C@H]([C@H](C)CCCC(C)C)[C@@]8(C)CC[C@@H]76)C5)CC[C@]4(C)[C@H]3CC[C@]12C. The van der Waals surface area contributed by atoms with Gasteiger partial charge >= 0.3 is 11.9 Å². The summed E-state index contributed by atoms with van der Waals surface area (Å²) in [5.41, 5.74) is 1.89. The molecule has 18 atom stereocenters. The third-order valence-corrected chi connectivity index (χ3v) is 24.9. The Balaban J connectivity index is 0.736. The maximum atomic E-state index is 13.6. The first-order valence-corrected chi connectivity index (χ1v) is 31.4. The Hall–Kier alpha value is -1.14. The van der Waals surface area contributed by atoms with Gasteiger partial charge in [0.2, 0.25) is 0 Å². The summed E-state index contributed by atoms with van der Waals surface area (Å²) in [7, 11) is 8.73. The summed E-state index contributed by atoms with van der Waals surface area (Å²) in [6.07, 6.45) is 33.2. The Morgan fingerprint density at radius 1 is 0.451 bits per heavy atom. The molecule has 0 N–H and O–H groups in total. The highest BCUT2D eigenvalue weighted by molar-refractivity contribution is 5.71. The minimum atomic E-state index is -0.0219. The third kappa shape index (κ3) is 11.9. The van der Waals surface area contributed by atoms with Crippen LogP contribution in [-0.4, -0.2) is 87.5 Å². The Labute approximate surface area is 439 Å². The van der Waals surface area contributed by atoms with E-state index in [0.29, 0.717) is 55.6 Å². The normalized spacial score (nSPS) is 42.0. The molecule has 0 aromatic heterocycles. The van der Waals surface area contributed by atoms with Crippen molar-refractivity contribution in [3.63, 3.8) is 0 Å². The zero-order chi connectivity index (χ0) is 51.3. The molecule has 8 rings (SSSR count). The highest BCUT2D eigenvalue weighted by Gasteiger charge is 2.62. The molecular weight excluding hydrogens is 873 g/mol. The molecular formula is C65H116N2O4+2. The van der Waals surface area contributed by atoms with Gasteiger partial charge in [0.25, 0.3) is 0 Å². The molecule has 0 radical (unpaired) electrons. The highest BCUT2D eigenvalue weighted by Crippen LogP contribution is 2.70. The van der Waals surface area contributed by atoms with E-state index in [0.717, 1.165) is 116 Å². The lowest BCUT2D eigenvalue weighted by Crippen LogP contribution is -2.54. The van der Waals surface area contributed by atoms with Crippen molar-refractivity contribution in [2.24, 2.45) is 105 Å². The molecule has 8 saturated carbocycles. The molecule has 0 aromatic rings. The summed E-state index contributed by atoms with van der Waals surface area (Å²) in [6.45, 7) is 28.1. The molecule has 2 unspecified atom stereocenters. The van der Waals surface area contributed by atoms with Gasteiger partial charge in [-0.2, -0.15) is 0 Å². The quantitative estimate of drug-likeness (QED) is 0.0901. The molecule has 6 heteroatoms. The van der Waals surface area contributed by atoms with Crippen LogP contribution >= 0.6 is 0 Å². The van der Waals surface area contributed by atoms with Crippen molar-refractivity contribution >= 4 is 11.9 Å². The van der Waals surface area contributed by atoms with Gasteiger partial charge in [0.1, 0.15) is 12.2 Å². The molecule has 8 aliphatic rings. The molecule has 6 nitrogen and oxygen atoms in total. The highest BCUT2D eigenvalue weighted by atomic mass is 16.5. The summed E-state index contributed by atoms with van der Waals surface area (Å²) >= 11 is 0. The molecule has 0 spiro atoms. The lowest BCUT2D eigenvalue weighted by atomic mass is 9.44. The van der Waals surface area contributed by atoms with Crippen LogP contribution in [0.3, 0.4) is 0 Å². The average molecular weight is 990 g/mol. The first-order chi connectivity index (χ1) is 33.4. The zero-order valence-electron chi connectivity index (χ0n) is 49.3. The Bertz CT molecular complexity index is 1660. The monoisotopic (exact) mass is 989 g/mol. The van der Waals surface area contributed by atoms with E-state index >= 15 is 0 Å². The molecule has 8 aliphatic carbocycles. The second-order valence-electron chi connectivity index (χ2n) is 31.1. The fourth-order valence-electron chi connectivity index (χ4n) is 20.9. The second kappa shape index (κ2) is 22.1. The van der Waals surface area contributed by atoms with E-state index in [2.05, 4.69) is 97.4 Å². The van der Waals surface area contributed by atoms with E-state index in [4.69, 9.17) is 9.47 Å². The van der Waals surface area contributed by atoms with E-state index in [1.807, 2.05) is 0 Å². The fourth-order valence-corrected chi connectivity index (χ4v) is 20.9. The van der Waals surface area contributed by atoms with Crippen molar-refractivity contribution in [2.45, 2.75) is 242 Å². The number of carbonyl (C=O) groups is 2. The van der Waals surface area contributed by atoms with Crippen molar-refractivity contribution in [1.29, 1.82) is 0 Å². The number of rotatable bonds is 20. The first kappa shape index (κ1) is 56.1. The zero-order valence-corrected chi connectivity index (χ0v) is 49.3. The summed E-state index contributed by atoms with van der Waals surface area (Å²) in [5.74, 6) is 11.9. The Kier molecular flexibility index (Phi) is 17.4. The number of fused-ring (bicyclic) bond motifs is 10. The topological polar surface area (TPSA) is 52.6 Å². The van der Waals surface area contributed by atoms with Gasteiger partial charge in [0.05, 0.1) is 41.3 Å². The number of hydrogen-bond donors (Lipinski definition) is 0. The number of esters is 2. The van der Waals surface area contributed by atoms with Gasteiger partial charge in [0, 0.05) is 6.42 Å². The first-order valence-electron chi connectivity index (χ1n) is 31.4. The van der Waals surface area contributed by atoms with Crippen molar-refractivity contribution in [2.75, 3.05) is 54.4 Å². The van der Waals surface area contributed by atoms with Crippen molar-refractivity contribution in [1.82, 2.24) is 0 Å². The van der Waals surface area contributed by atoms with Crippen LogP contribution in [0.25, 0.3) is 0 Å². The van der Waals surface area contributed by atoms with Crippen LogP contribution in [0.2, 0.25) is 0 Å². The van der Waals surface area contributed by atoms with Gasteiger partial charge < -0.3 is 18.4 Å². The Morgan fingerprint density at radius 2 is 0.817 bits per heavy atom. The molecule has 8 fully saturated rings. The van der Waals surface area contributed by atoms with Gasteiger partial charge in [-0.3, -0.25) is 0 Å². The molecule has 408 valence electrons. The van der Waals surface area contributed by atoms with E-state index in [1.54, 1.807) is 0 Å². The number of nitrogens with zero attached hydrogens (tertiary/aromatic N) is 2. The number of carbonyl (C=O) groups excluding carboxylic acids is 2. The number of likely N-dealkylation sites (N-methyl/N-ethyl adjacent to an activating group) is 2. The van der Waals surface area contributed by atoms with Crippen LogP contribution < -0.4 is 0 Å². The molecule has 0 heterocycles. The minimum Gasteiger partial charge on any atom is -0.458 e. The van der Waals surface area contributed by atoms with Crippen LogP contribution in [0, 0.1) is 105 Å². The summed E-state index contributed by atoms with van der Waals surface area (Å²) in [4.78, 5) is 27.3. The summed E-state index contributed by atoms with van der Waals surface area (Å²) < 4.78 is 14.0. The fraction of sp³-hybridized carbons (Fsp3) is 0.969. The number of ether oxygens (including phenoxy) is 2. The number of quaternary nitrogens is 2. The largest absolute Gasteiger partial charge is 0.458 e. The van der Waals surface area contributed by atoms with Crippen LogP contribution in [0.4, 0.5) is 0 Å². The van der Waals surface area contributed by atoms with Crippen LogP contribution in [-0.2, 0) is 19.1 Å². The van der Waals surface area contributed by atoms with Gasteiger partial charge in [-0.1, -0.05) is 108 Å². The lowest BCUT2D eigenvalue weighted by molar-refractivity contribution is -0.902. The smallest absolute Gasteiger partial charge is 0.362 e. The maximum absolute atomic E-state index is 13.6. The average Bonchev–Trinajstić information content (AvgIpc) is 3.82. The maximum Gasteiger partial charge on any atom is 0.362 e. The molecule has 0 aromatic carbocycles. The Morgan fingerprint density at radius 3 is 1.20 bits per heavy atom. The van der Waals surface area contributed by atoms with Gasteiger partial charge in [-0.05, 0) is 220 Å². The lowest BCUT2D eigenvalue weighted by Gasteiger charge is -2.61. The van der Waals surface area contributed by atoms with E-state index in [9.17, 15) is 9.59 Å².